The monoisotopic (exact) mass is 243 g/mol. The van der Waals surface area contributed by atoms with E-state index in [1.807, 2.05) is 24.8 Å². The van der Waals surface area contributed by atoms with E-state index in [2.05, 4.69) is 10.3 Å². The van der Waals surface area contributed by atoms with Crippen molar-refractivity contribution in [3.05, 3.63) is 23.0 Å². The molecule has 0 saturated carbocycles. The van der Waals surface area contributed by atoms with Crippen molar-refractivity contribution in [3.63, 3.8) is 0 Å². The first-order valence-electron chi connectivity index (χ1n) is 5.34. The summed E-state index contributed by atoms with van der Waals surface area (Å²) in [6.07, 6.45) is 0. The van der Waals surface area contributed by atoms with E-state index in [1.54, 1.807) is 0 Å². The van der Waals surface area contributed by atoms with E-state index in [1.165, 1.54) is 0 Å². The highest BCUT2D eigenvalue weighted by molar-refractivity contribution is 5.94. The van der Waals surface area contributed by atoms with E-state index in [0.717, 1.165) is 43.1 Å². The predicted molar refractivity (Wildman–Crippen MR) is 66.3 cm³/mol. The first kappa shape index (κ1) is 13.1. The van der Waals surface area contributed by atoms with Crippen molar-refractivity contribution < 1.29 is 4.79 Å². The van der Waals surface area contributed by atoms with Gasteiger partial charge in [-0.2, -0.15) is 0 Å². The van der Waals surface area contributed by atoms with Crippen LogP contribution in [0.15, 0.2) is 6.07 Å². The zero-order chi connectivity index (χ0) is 10.8. The van der Waals surface area contributed by atoms with E-state index < -0.39 is 0 Å². The lowest BCUT2D eigenvalue weighted by molar-refractivity contribution is 0.0729. The number of aryl methyl sites for hydroxylation is 2. The quantitative estimate of drug-likeness (QED) is 0.776. The molecule has 0 radical (unpaired) electrons. The second-order valence-corrected chi connectivity index (χ2v) is 4.05. The molecule has 0 spiro atoms. The number of carbonyl (C=O) groups is 1. The number of rotatable bonds is 1. The largest absolute Gasteiger partial charge is 0.354 e. The predicted octanol–water partition coefficient (Wildman–Crippen LogP) is 1.10. The topological polar surface area (TPSA) is 48.1 Å². The van der Waals surface area contributed by atoms with E-state index in [9.17, 15) is 4.79 Å². The van der Waals surface area contributed by atoms with E-state index in [0.29, 0.717) is 0 Å². The van der Waals surface area contributed by atoms with Crippen LogP contribution in [-0.4, -0.2) is 42.0 Å². The molecule has 0 aliphatic carbocycles. The Hall–Kier alpha value is -1.00. The van der Waals surface area contributed by atoms with Gasteiger partial charge in [-0.3, -0.25) is 4.79 Å². The third-order valence-electron chi connectivity index (χ3n) is 2.77. The lowest BCUT2D eigenvalue weighted by Crippen LogP contribution is -2.46. The van der Waals surface area contributed by atoms with Gasteiger partial charge in [0.25, 0.3) is 5.91 Å². The van der Waals surface area contributed by atoms with Crippen LogP contribution in [0, 0.1) is 13.8 Å². The number of aromatic nitrogens is 1. The fraction of sp³-hybridized carbons (Fsp3) is 0.545. The van der Waals surface area contributed by atoms with Crippen molar-refractivity contribution in [2.75, 3.05) is 26.2 Å². The highest BCUT2D eigenvalue weighted by Gasteiger charge is 2.20. The van der Waals surface area contributed by atoms with Crippen LogP contribution >= 0.6 is 12.4 Å². The highest BCUT2D eigenvalue weighted by Crippen LogP contribution is 2.12. The van der Waals surface area contributed by atoms with Crippen LogP contribution in [-0.2, 0) is 0 Å². The molecule has 1 saturated heterocycles. The van der Waals surface area contributed by atoms with Gasteiger partial charge in [0.1, 0.15) is 5.69 Å². The first-order chi connectivity index (χ1) is 7.18. The minimum Gasteiger partial charge on any atom is -0.354 e. The molecule has 1 aliphatic rings. The summed E-state index contributed by atoms with van der Waals surface area (Å²) in [5.41, 5.74) is 2.83. The lowest BCUT2D eigenvalue weighted by Gasteiger charge is -2.27. The maximum Gasteiger partial charge on any atom is 0.270 e. The Morgan fingerprint density at radius 2 is 1.94 bits per heavy atom. The molecule has 1 amide bonds. The summed E-state index contributed by atoms with van der Waals surface area (Å²) in [7, 11) is 0. The summed E-state index contributed by atoms with van der Waals surface area (Å²) in [4.78, 5) is 17.1. The van der Waals surface area contributed by atoms with Gasteiger partial charge in [0.2, 0.25) is 0 Å². The van der Waals surface area contributed by atoms with Crippen LogP contribution in [0.25, 0.3) is 0 Å². The van der Waals surface area contributed by atoms with Gasteiger partial charge >= 0.3 is 0 Å². The molecular weight excluding hydrogens is 226 g/mol. The number of halogens is 1. The van der Waals surface area contributed by atoms with Crippen LogP contribution < -0.4 is 5.32 Å². The van der Waals surface area contributed by atoms with Gasteiger partial charge in [0.05, 0.1) is 0 Å². The van der Waals surface area contributed by atoms with Crippen molar-refractivity contribution >= 4 is 18.3 Å². The molecule has 16 heavy (non-hydrogen) atoms. The fourth-order valence-corrected chi connectivity index (χ4v) is 1.98. The fourth-order valence-electron chi connectivity index (χ4n) is 1.98. The van der Waals surface area contributed by atoms with Gasteiger partial charge in [0.15, 0.2) is 0 Å². The van der Waals surface area contributed by atoms with Crippen LogP contribution in [0.2, 0.25) is 0 Å². The van der Waals surface area contributed by atoms with Crippen LogP contribution in [0.5, 0.6) is 0 Å². The summed E-state index contributed by atoms with van der Waals surface area (Å²) < 4.78 is 0. The minimum absolute atomic E-state index is 0. The van der Waals surface area contributed by atoms with Gasteiger partial charge in [-0.25, -0.2) is 0 Å². The van der Waals surface area contributed by atoms with E-state index in [-0.39, 0.29) is 18.3 Å². The van der Waals surface area contributed by atoms with Crippen LogP contribution in [0.1, 0.15) is 21.7 Å². The average molecular weight is 244 g/mol. The molecule has 1 aliphatic heterocycles. The number of amides is 1. The van der Waals surface area contributed by atoms with Gasteiger partial charge in [-0.05, 0) is 25.5 Å². The first-order valence-corrected chi connectivity index (χ1v) is 5.34. The van der Waals surface area contributed by atoms with E-state index in [4.69, 9.17) is 0 Å². The van der Waals surface area contributed by atoms with Gasteiger partial charge in [-0.15, -0.1) is 12.4 Å². The third-order valence-corrected chi connectivity index (χ3v) is 2.77. The van der Waals surface area contributed by atoms with Crippen molar-refractivity contribution in [1.82, 2.24) is 15.2 Å². The van der Waals surface area contributed by atoms with Crippen molar-refractivity contribution in [3.8, 4) is 0 Å². The zero-order valence-electron chi connectivity index (χ0n) is 9.67. The number of aromatic amines is 1. The van der Waals surface area contributed by atoms with Crippen molar-refractivity contribution in [2.45, 2.75) is 13.8 Å². The SMILES string of the molecule is Cc1cc(C)c(C(=O)N2CCNCC2)[nH]1.Cl. The number of nitrogens with zero attached hydrogens (tertiary/aromatic N) is 1. The molecule has 0 unspecified atom stereocenters. The standard InChI is InChI=1S/C11H17N3O.ClH/c1-8-7-9(2)13-10(8)11(15)14-5-3-12-4-6-14;/h7,12-13H,3-6H2,1-2H3;1H. The van der Waals surface area contributed by atoms with E-state index >= 15 is 0 Å². The summed E-state index contributed by atoms with van der Waals surface area (Å²) in [6, 6.07) is 2.01. The molecule has 5 heteroatoms. The smallest absolute Gasteiger partial charge is 0.270 e. The number of nitrogens with one attached hydrogen (secondary N) is 2. The van der Waals surface area contributed by atoms with Crippen LogP contribution in [0.4, 0.5) is 0 Å². The normalized spacial score (nSPS) is 15.8. The Balaban J connectivity index is 0.00000128. The van der Waals surface area contributed by atoms with Gasteiger partial charge in [-0.1, -0.05) is 0 Å². The Bertz CT molecular complexity index is 369. The molecule has 1 fully saturated rings. The molecule has 90 valence electrons. The molecule has 0 bridgehead atoms. The Labute approximate surface area is 102 Å². The van der Waals surface area contributed by atoms with Crippen molar-refractivity contribution in [2.24, 2.45) is 0 Å². The maximum absolute atomic E-state index is 12.1. The Morgan fingerprint density at radius 3 is 2.44 bits per heavy atom. The van der Waals surface area contributed by atoms with Gasteiger partial charge in [0, 0.05) is 31.9 Å². The second kappa shape index (κ2) is 5.37. The summed E-state index contributed by atoms with van der Waals surface area (Å²) >= 11 is 0. The average Bonchev–Trinajstić information content (AvgIpc) is 2.58. The molecule has 4 nitrogen and oxygen atoms in total. The third kappa shape index (κ3) is 2.57. The molecule has 2 N–H and O–H groups in total. The Kier molecular flexibility index (Phi) is 4.38. The number of piperazine rings is 1. The molecular formula is C11H18ClN3O. The summed E-state index contributed by atoms with van der Waals surface area (Å²) in [5, 5.41) is 3.24. The number of hydrogen-bond donors (Lipinski definition) is 2. The van der Waals surface area contributed by atoms with Crippen molar-refractivity contribution in [1.29, 1.82) is 0 Å². The lowest BCUT2D eigenvalue weighted by atomic mass is 10.2. The highest BCUT2D eigenvalue weighted by atomic mass is 35.5. The second-order valence-electron chi connectivity index (χ2n) is 4.05. The summed E-state index contributed by atoms with van der Waals surface area (Å²) in [5.74, 6) is 0.127. The minimum atomic E-state index is 0. The Morgan fingerprint density at radius 1 is 1.31 bits per heavy atom. The summed E-state index contributed by atoms with van der Waals surface area (Å²) in [6.45, 7) is 7.34. The molecule has 1 aromatic heterocycles. The molecule has 0 aromatic carbocycles. The molecule has 2 heterocycles. The maximum atomic E-state index is 12.1. The number of hydrogen-bond acceptors (Lipinski definition) is 2. The number of carbonyl (C=O) groups excluding carboxylic acids is 1. The number of H-pyrrole nitrogens is 1. The van der Waals surface area contributed by atoms with Crippen LogP contribution in [0.3, 0.4) is 0 Å². The molecule has 2 rings (SSSR count). The molecule has 0 atom stereocenters. The zero-order valence-corrected chi connectivity index (χ0v) is 10.5. The molecule has 1 aromatic rings. The van der Waals surface area contributed by atoms with Gasteiger partial charge < -0.3 is 15.2 Å².